The maximum absolute atomic E-state index is 5.99. The number of rotatable bonds is 6. The fraction of sp³-hybridized carbons (Fsp3) is 0.385. The second-order valence-electron chi connectivity index (χ2n) is 4.51. The number of nitrogens with two attached hydrogens (primary N) is 2. The molecule has 2 heterocycles. The van der Waals surface area contributed by atoms with Crippen LogP contribution in [0.2, 0.25) is 0 Å². The van der Waals surface area contributed by atoms with Crippen LogP contribution in [0.4, 0.5) is 5.82 Å². The molecule has 0 saturated carbocycles. The van der Waals surface area contributed by atoms with Crippen LogP contribution in [0.15, 0.2) is 24.7 Å². The Morgan fingerprint density at radius 3 is 2.80 bits per heavy atom. The Morgan fingerprint density at radius 1 is 1.40 bits per heavy atom. The summed E-state index contributed by atoms with van der Waals surface area (Å²) in [5, 5.41) is 4.13. The molecule has 5 N–H and O–H groups in total. The number of pyridine rings is 1. The number of ether oxygens (including phenoxy) is 1. The van der Waals surface area contributed by atoms with Crippen molar-refractivity contribution >= 4 is 5.82 Å². The Labute approximate surface area is 117 Å². The number of nitrogens with zero attached hydrogens (tertiary/aromatic N) is 3. The first-order valence-electron chi connectivity index (χ1n) is 6.48. The standard InChI is InChI=1S/C13H20N6O/c1-3-4-20-10-5-9(6-16-7-10)12(18-15)11-8-17-19(2)13(11)14/h5-8,12,18H,3-4,14-15H2,1-2H3. The number of hydrogen-bond donors (Lipinski definition) is 3. The average Bonchev–Trinajstić information content (AvgIpc) is 2.79. The van der Waals surface area contributed by atoms with Gasteiger partial charge in [0.15, 0.2) is 0 Å². The lowest BCUT2D eigenvalue weighted by Gasteiger charge is -2.16. The molecule has 20 heavy (non-hydrogen) atoms. The summed E-state index contributed by atoms with van der Waals surface area (Å²) in [5.41, 5.74) is 10.4. The van der Waals surface area contributed by atoms with E-state index in [-0.39, 0.29) is 6.04 Å². The molecule has 0 aliphatic carbocycles. The van der Waals surface area contributed by atoms with Crippen molar-refractivity contribution in [1.29, 1.82) is 0 Å². The van der Waals surface area contributed by atoms with Gasteiger partial charge in [0, 0.05) is 18.8 Å². The number of hydrazine groups is 1. The van der Waals surface area contributed by atoms with Gasteiger partial charge >= 0.3 is 0 Å². The summed E-state index contributed by atoms with van der Waals surface area (Å²) in [4.78, 5) is 4.18. The number of aromatic nitrogens is 3. The van der Waals surface area contributed by atoms with Crippen molar-refractivity contribution < 1.29 is 4.74 Å². The molecular formula is C13H20N6O. The monoisotopic (exact) mass is 276 g/mol. The molecule has 2 aromatic rings. The van der Waals surface area contributed by atoms with E-state index in [1.54, 1.807) is 30.3 Å². The van der Waals surface area contributed by atoms with Crippen LogP contribution in [0.1, 0.15) is 30.5 Å². The minimum Gasteiger partial charge on any atom is -0.492 e. The Balaban J connectivity index is 2.30. The van der Waals surface area contributed by atoms with Gasteiger partial charge in [-0.05, 0) is 18.1 Å². The zero-order valence-electron chi connectivity index (χ0n) is 11.7. The lowest BCUT2D eigenvalue weighted by atomic mass is 10.0. The lowest BCUT2D eigenvalue weighted by Crippen LogP contribution is -2.29. The molecule has 7 nitrogen and oxygen atoms in total. The molecule has 0 bridgehead atoms. The van der Waals surface area contributed by atoms with Crippen LogP contribution >= 0.6 is 0 Å². The van der Waals surface area contributed by atoms with Crippen LogP contribution in [0.5, 0.6) is 5.75 Å². The number of anilines is 1. The Hall–Kier alpha value is -2.12. The van der Waals surface area contributed by atoms with Crippen molar-refractivity contribution in [2.75, 3.05) is 12.3 Å². The first-order valence-corrected chi connectivity index (χ1v) is 6.48. The molecule has 0 amide bonds. The normalized spacial score (nSPS) is 12.3. The molecular weight excluding hydrogens is 256 g/mol. The molecule has 0 fully saturated rings. The summed E-state index contributed by atoms with van der Waals surface area (Å²) in [7, 11) is 1.78. The second-order valence-corrected chi connectivity index (χ2v) is 4.51. The SMILES string of the molecule is CCCOc1cncc(C(NN)c2cnn(C)c2N)c1. The fourth-order valence-corrected chi connectivity index (χ4v) is 1.94. The molecule has 1 atom stereocenters. The molecule has 1 unspecified atom stereocenters. The van der Waals surface area contributed by atoms with E-state index in [0.717, 1.165) is 17.5 Å². The molecule has 7 heteroatoms. The molecule has 108 valence electrons. The predicted molar refractivity (Wildman–Crippen MR) is 76.8 cm³/mol. The van der Waals surface area contributed by atoms with Crippen molar-refractivity contribution in [2.24, 2.45) is 12.9 Å². The van der Waals surface area contributed by atoms with E-state index >= 15 is 0 Å². The highest BCUT2D eigenvalue weighted by Crippen LogP contribution is 2.27. The van der Waals surface area contributed by atoms with E-state index < -0.39 is 0 Å². The van der Waals surface area contributed by atoms with Gasteiger partial charge in [-0.2, -0.15) is 5.10 Å². The highest BCUT2D eigenvalue weighted by atomic mass is 16.5. The second kappa shape index (κ2) is 6.36. The van der Waals surface area contributed by atoms with E-state index in [1.807, 2.05) is 6.07 Å². The molecule has 0 saturated heterocycles. The smallest absolute Gasteiger partial charge is 0.137 e. The van der Waals surface area contributed by atoms with E-state index in [2.05, 4.69) is 22.4 Å². The Morgan fingerprint density at radius 2 is 2.20 bits per heavy atom. The summed E-state index contributed by atoms with van der Waals surface area (Å²) in [5.74, 6) is 6.93. The van der Waals surface area contributed by atoms with Gasteiger partial charge in [-0.1, -0.05) is 6.92 Å². The van der Waals surface area contributed by atoms with Gasteiger partial charge in [0.1, 0.15) is 11.6 Å². The van der Waals surface area contributed by atoms with E-state index in [9.17, 15) is 0 Å². The molecule has 0 aromatic carbocycles. The van der Waals surface area contributed by atoms with Crippen molar-refractivity contribution in [2.45, 2.75) is 19.4 Å². The summed E-state index contributed by atoms with van der Waals surface area (Å²) in [6.07, 6.45) is 6.05. The third-order valence-corrected chi connectivity index (χ3v) is 3.03. The van der Waals surface area contributed by atoms with Crippen LogP contribution in [-0.2, 0) is 7.05 Å². The number of hydrogen-bond acceptors (Lipinski definition) is 6. The number of nitrogens with one attached hydrogen (secondary N) is 1. The lowest BCUT2D eigenvalue weighted by molar-refractivity contribution is 0.315. The summed E-state index contributed by atoms with van der Waals surface area (Å²) in [6.45, 7) is 2.71. The van der Waals surface area contributed by atoms with Gasteiger partial charge in [-0.15, -0.1) is 0 Å². The Bertz CT molecular complexity index is 568. The third-order valence-electron chi connectivity index (χ3n) is 3.03. The van der Waals surface area contributed by atoms with Gasteiger partial charge < -0.3 is 10.5 Å². The van der Waals surface area contributed by atoms with E-state index in [0.29, 0.717) is 18.2 Å². The molecule has 2 rings (SSSR count). The number of nitrogen functional groups attached to an aromatic ring is 1. The zero-order chi connectivity index (χ0) is 14.5. The van der Waals surface area contributed by atoms with Crippen LogP contribution in [0.25, 0.3) is 0 Å². The Kier molecular flexibility index (Phi) is 4.54. The quantitative estimate of drug-likeness (QED) is 0.531. The molecule has 0 aliphatic heterocycles. The van der Waals surface area contributed by atoms with Crippen LogP contribution in [0.3, 0.4) is 0 Å². The highest BCUT2D eigenvalue weighted by Gasteiger charge is 2.19. The van der Waals surface area contributed by atoms with Crippen molar-refractivity contribution in [3.05, 3.63) is 35.8 Å². The van der Waals surface area contributed by atoms with Crippen molar-refractivity contribution in [1.82, 2.24) is 20.2 Å². The predicted octanol–water partition coefficient (Wildman–Crippen LogP) is 0.739. The van der Waals surface area contributed by atoms with Gasteiger partial charge in [0.25, 0.3) is 0 Å². The minimum atomic E-state index is -0.277. The molecule has 2 aromatic heterocycles. The molecule has 0 aliphatic rings. The average molecular weight is 276 g/mol. The largest absolute Gasteiger partial charge is 0.492 e. The maximum atomic E-state index is 5.99. The zero-order valence-corrected chi connectivity index (χ0v) is 11.7. The van der Waals surface area contributed by atoms with Gasteiger partial charge in [0.05, 0.1) is 25.0 Å². The van der Waals surface area contributed by atoms with Crippen molar-refractivity contribution in [3.8, 4) is 5.75 Å². The number of aryl methyl sites for hydroxylation is 1. The topological polar surface area (TPSA) is 104 Å². The summed E-state index contributed by atoms with van der Waals surface area (Å²) < 4.78 is 7.18. The van der Waals surface area contributed by atoms with E-state index in [1.165, 1.54) is 0 Å². The van der Waals surface area contributed by atoms with Crippen LogP contribution < -0.4 is 21.7 Å². The van der Waals surface area contributed by atoms with E-state index in [4.69, 9.17) is 16.3 Å². The van der Waals surface area contributed by atoms with Gasteiger partial charge in [0.2, 0.25) is 0 Å². The van der Waals surface area contributed by atoms with Gasteiger partial charge in [-0.3, -0.25) is 15.5 Å². The molecule has 0 spiro atoms. The summed E-state index contributed by atoms with van der Waals surface area (Å²) in [6, 6.07) is 1.63. The first kappa shape index (κ1) is 14.3. The van der Waals surface area contributed by atoms with Crippen LogP contribution in [0, 0.1) is 0 Å². The fourth-order valence-electron chi connectivity index (χ4n) is 1.94. The van der Waals surface area contributed by atoms with Gasteiger partial charge in [-0.25, -0.2) is 5.43 Å². The van der Waals surface area contributed by atoms with Crippen LogP contribution in [-0.4, -0.2) is 21.4 Å². The van der Waals surface area contributed by atoms with Crippen molar-refractivity contribution in [3.63, 3.8) is 0 Å². The summed E-state index contributed by atoms with van der Waals surface area (Å²) >= 11 is 0. The maximum Gasteiger partial charge on any atom is 0.137 e. The molecule has 0 radical (unpaired) electrons. The first-order chi connectivity index (χ1) is 9.67. The highest BCUT2D eigenvalue weighted by molar-refractivity contribution is 5.45. The minimum absolute atomic E-state index is 0.277. The third kappa shape index (κ3) is 2.89.